The number of nitrogens with zero attached hydrogens (tertiary/aromatic N) is 1. The highest BCUT2D eigenvalue weighted by atomic mass is 16.2. The van der Waals surface area contributed by atoms with Gasteiger partial charge in [-0.15, -0.1) is 0 Å². The minimum Gasteiger partial charge on any atom is -0.353 e. The van der Waals surface area contributed by atoms with E-state index >= 15 is 0 Å². The van der Waals surface area contributed by atoms with E-state index in [0.29, 0.717) is 25.6 Å². The van der Waals surface area contributed by atoms with Crippen molar-refractivity contribution in [1.82, 2.24) is 15.5 Å². The third-order valence-corrected chi connectivity index (χ3v) is 3.26. The van der Waals surface area contributed by atoms with Gasteiger partial charge in [-0.25, -0.2) is 0 Å². The Morgan fingerprint density at radius 1 is 1.44 bits per heavy atom. The van der Waals surface area contributed by atoms with E-state index in [2.05, 4.69) is 10.6 Å². The molecule has 0 aromatic rings. The summed E-state index contributed by atoms with van der Waals surface area (Å²) in [6.45, 7) is 2.55. The van der Waals surface area contributed by atoms with Crippen molar-refractivity contribution in [2.75, 3.05) is 26.2 Å². The van der Waals surface area contributed by atoms with Gasteiger partial charge in [-0.1, -0.05) is 0 Å². The lowest BCUT2D eigenvalue weighted by molar-refractivity contribution is -0.138. The molecule has 0 saturated carbocycles. The largest absolute Gasteiger partial charge is 0.353 e. The molecule has 0 spiro atoms. The lowest BCUT2D eigenvalue weighted by Crippen LogP contribution is -2.50. The lowest BCUT2D eigenvalue weighted by Gasteiger charge is -2.27. The molecule has 0 aliphatic carbocycles. The lowest BCUT2D eigenvalue weighted by atomic mass is 10.1. The summed E-state index contributed by atoms with van der Waals surface area (Å²) >= 11 is 0. The molecule has 5 nitrogen and oxygen atoms in total. The zero-order chi connectivity index (χ0) is 11.4. The molecule has 90 valence electrons. The van der Waals surface area contributed by atoms with Gasteiger partial charge in [0, 0.05) is 25.6 Å². The number of piperazine rings is 1. The highest BCUT2D eigenvalue weighted by Crippen LogP contribution is 2.12. The molecular formula is C11H19N3O2. The Kier molecular flexibility index (Phi) is 3.77. The molecule has 0 aromatic heterocycles. The third kappa shape index (κ3) is 2.95. The topological polar surface area (TPSA) is 61.4 Å². The Hall–Kier alpha value is -1.10. The Morgan fingerprint density at radius 2 is 2.31 bits per heavy atom. The Morgan fingerprint density at radius 3 is 3.00 bits per heavy atom. The van der Waals surface area contributed by atoms with Crippen LogP contribution in [0.15, 0.2) is 0 Å². The number of hydrogen-bond acceptors (Lipinski definition) is 3. The summed E-state index contributed by atoms with van der Waals surface area (Å²) in [7, 11) is 0. The fourth-order valence-electron chi connectivity index (χ4n) is 2.31. The SMILES string of the molecule is O=C1CN(C(=O)CCC2CCCN2)CCN1. The second kappa shape index (κ2) is 5.30. The monoisotopic (exact) mass is 225 g/mol. The second-order valence-electron chi connectivity index (χ2n) is 4.50. The van der Waals surface area contributed by atoms with Crippen LogP contribution >= 0.6 is 0 Å². The van der Waals surface area contributed by atoms with E-state index in [0.717, 1.165) is 13.0 Å². The molecule has 2 aliphatic heterocycles. The van der Waals surface area contributed by atoms with Gasteiger partial charge >= 0.3 is 0 Å². The van der Waals surface area contributed by atoms with Crippen molar-refractivity contribution in [2.45, 2.75) is 31.7 Å². The molecule has 1 atom stereocenters. The Labute approximate surface area is 95.6 Å². The molecule has 5 heteroatoms. The van der Waals surface area contributed by atoms with E-state index in [1.807, 2.05) is 0 Å². The molecule has 2 fully saturated rings. The summed E-state index contributed by atoms with van der Waals surface area (Å²) in [4.78, 5) is 24.6. The summed E-state index contributed by atoms with van der Waals surface area (Å²) < 4.78 is 0. The first-order valence-electron chi connectivity index (χ1n) is 6.03. The fraction of sp³-hybridized carbons (Fsp3) is 0.818. The molecule has 0 radical (unpaired) electrons. The van der Waals surface area contributed by atoms with Crippen LogP contribution in [0.4, 0.5) is 0 Å². The van der Waals surface area contributed by atoms with Gasteiger partial charge in [-0.2, -0.15) is 0 Å². The van der Waals surface area contributed by atoms with E-state index in [-0.39, 0.29) is 18.4 Å². The average Bonchev–Trinajstić information content (AvgIpc) is 2.78. The number of hydrogen-bond donors (Lipinski definition) is 2. The van der Waals surface area contributed by atoms with Crippen LogP contribution in [-0.2, 0) is 9.59 Å². The maximum Gasteiger partial charge on any atom is 0.239 e. The molecule has 2 N–H and O–H groups in total. The van der Waals surface area contributed by atoms with Crippen LogP contribution in [0.1, 0.15) is 25.7 Å². The summed E-state index contributed by atoms with van der Waals surface area (Å²) in [5.41, 5.74) is 0. The predicted octanol–water partition coefficient (Wildman–Crippen LogP) is -0.523. The van der Waals surface area contributed by atoms with Crippen LogP contribution in [0.2, 0.25) is 0 Å². The first-order chi connectivity index (χ1) is 7.75. The van der Waals surface area contributed by atoms with Crippen LogP contribution in [0, 0.1) is 0 Å². The molecule has 2 amide bonds. The first-order valence-corrected chi connectivity index (χ1v) is 6.03. The van der Waals surface area contributed by atoms with Gasteiger partial charge in [0.1, 0.15) is 0 Å². The number of carbonyl (C=O) groups excluding carboxylic acids is 2. The van der Waals surface area contributed by atoms with Gasteiger partial charge in [0.2, 0.25) is 11.8 Å². The molecule has 0 aromatic carbocycles. The molecule has 16 heavy (non-hydrogen) atoms. The quantitative estimate of drug-likeness (QED) is 0.679. The van der Waals surface area contributed by atoms with Crippen LogP contribution in [-0.4, -0.2) is 48.9 Å². The van der Waals surface area contributed by atoms with E-state index in [4.69, 9.17) is 0 Å². The first kappa shape index (κ1) is 11.4. The smallest absolute Gasteiger partial charge is 0.239 e. The average molecular weight is 225 g/mol. The van der Waals surface area contributed by atoms with Gasteiger partial charge in [0.15, 0.2) is 0 Å². The number of carbonyl (C=O) groups is 2. The zero-order valence-electron chi connectivity index (χ0n) is 9.50. The molecule has 0 bridgehead atoms. The van der Waals surface area contributed by atoms with Gasteiger partial charge in [0.05, 0.1) is 6.54 Å². The van der Waals surface area contributed by atoms with E-state index in [1.54, 1.807) is 4.90 Å². The van der Waals surface area contributed by atoms with Crippen LogP contribution in [0.25, 0.3) is 0 Å². The van der Waals surface area contributed by atoms with Crippen molar-refractivity contribution >= 4 is 11.8 Å². The molecular weight excluding hydrogens is 206 g/mol. The summed E-state index contributed by atoms with van der Waals surface area (Å²) in [6.07, 6.45) is 3.85. The normalized spacial score (nSPS) is 25.6. The maximum atomic E-state index is 11.8. The molecule has 2 rings (SSSR count). The molecule has 2 aliphatic rings. The zero-order valence-corrected chi connectivity index (χ0v) is 9.50. The molecule has 2 saturated heterocycles. The van der Waals surface area contributed by atoms with Crippen LogP contribution in [0.3, 0.4) is 0 Å². The van der Waals surface area contributed by atoms with Crippen LogP contribution in [0.5, 0.6) is 0 Å². The Bertz CT molecular complexity index is 274. The van der Waals surface area contributed by atoms with E-state index in [1.165, 1.54) is 12.8 Å². The van der Waals surface area contributed by atoms with Gasteiger partial charge in [0.25, 0.3) is 0 Å². The van der Waals surface area contributed by atoms with E-state index in [9.17, 15) is 9.59 Å². The van der Waals surface area contributed by atoms with Crippen molar-refractivity contribution < 1.29 is 9.59 Å². The molecule has 1 unspecified atom stereocenters. The van der Waals surface area contributed by atoms with Gasteiger partial charge < -0.3 is 15.5 Å². The highest BCUT2D eigenvalue weighted by molar-refractivity contribution is 5.85. The minimum absolute atomic E-state index is 0.0430. The van der Waals surface area contributed by atoms with Gasteiger partial charge in [-0.3, -0.25) is 9.59 Å². The summed E-state index contributed by atoms with van der Waals surface area (Å²) in [5, 5.41) is 6.09. The van der Waals surface area contributed by atoms with Crippen molar-refractivity contribution in [3.05, 3.63) is 0 Å². The van der Waals surface area contributed by atoms with Crippen molar-refractivity contribution in [1.29, 1.82) is 0 Å². The van der Waals surface area contributed by atoms with Crippen molar-refractivity contribution in [3.63, 3.8) is 0 Å². The number of nitrogens with one attached hydrogen (secondary N) is 2. The second-order valence-corrected chi connectivity index (χ2v) is 4.50. The van der Waals surface area contributed by atoms with Crippen molar-refractivity contribution in [3.8, 4) is 0 Å². The number of amides is 2. The highest BCUT2D eigenvalue weighted by Gasteiger charge is 2.22. The molecule has 2 heterocycles. The fourth-order valence-corrected chi connectivity index (χ4v) is 2.31. The third-order valence-electron chi connectivity index (χ3n) is 3.26. The van der Waals surface area contributed by atoms with E-state index < -0.39 is 0 Å². The maximum absolute atomic E-state index is 11.8. The predicted molar refractivity (Wildman–Crippen MR) is 59.8 cm³/mol. The minimum atomic E-state index is -0.0430. The number of rotatable bonds is 3. The standard InChI is InChI=1S/C11H19N3O2/c15-10-8-14(7-6-13-10)11(16)4-3-9-2-1-5-12-9/h9,12H,1-8H2,(H,13,15). The summed E-state index contributed by atoms with van der Waals surface area (Å²) in [6, 6.07) is 0.502. The van der Waals surface area contributed by atoms with Crippen LogP contribution < -0.4 is 10.6 Å². The van der Waals surface area contributed by atoms with Crippen molar-refractivity contribution in [2.24, 2.45) is 0 Å². The van der Waals surface area contributed by atoms with Gasteiger partial charge in [-0.05, 0) is 25.8 Å². The summed E-state index contributed by atoms with van der Waals surface area (Å²) in [5.74, 6) is 0.0714. The Balaban J connectivity index is 1.72.